The number of rotatable bonds is 5. The Kier molecular flexibility index (Phi) is 8.75. The number of imidazole rings is 1. The Bertz CT molecular complexity index is 775. The molecule has 2 fully saturated rings. The highest BCUT2D eigenvalue weighted by molar-refractivity contribution is 6.30. The molecule has 1 amide bonds. The first-order valence-corrected chi connectivity index (χ1v) is 9.60. The van der Waals surface area contributed by atoms with Crippen molar-refractivity contribution in [3.8, 4) is 0 Å². The van der Waals surface area contributed by atoms with E-state index in [1.807, 2.05) is 24.3 Å². The van der Waals surface area contributed by atoms with Crippen LogP contribution >= 0.6 is 36.4 Å². The highest BCUT2D eigenvalue weighted by atomic mass is 35.5. The van der Waals surface area contributed by atoms with Gasteiger partial charge in [0, 0.05) is 48.5 Å². The zero-order chi connectivity index (χ0) is 18.8. The van der Waals surface area contributed by atoms with Crippen LogP contribution in [0.5, 0.6) is 0 Å². The van der Waals surface area contributed by atoms with Crippen LogP contribution in [0.4, 0.5) is 0 Å². The highest BCUT2D eigenvalue weighted by Gasteiger charge is 2.38. The zero-order valence-corrected chi connectivity index (χ0v) is 18.2. The van der Waals surface area contributed by atoms with Gasteiger partial charge >= 0.3 is 0 Å². The summed E-state index contributed by atoms with van der Waals surface area (Å²) in [6.07, 6.45) is 4.66. The van der Waals surface area contributed by atoms with Crippen LogP contribution < -0.4 is 11.1 Å². The average molecular weight is 463 g/mol. The van der Waals surface area contributed by atoms with Crippen LogP contribution in [-0.2, 0) is 16.0 Å². The Hall–Kier alpha value is -1.35. The predicted octanol–water partition coefficient (Wildman–Crippen LogP) is 2.11. The number of morpholine rings is 1. The van der Waals surface area contributed by atoms with Gasteiger partial charge in [-0.2, -0.15) is 0 Å². The molecule has 0 bridgehead atoms. The largest absolute Gasteiger partial charge is 0.371 e. The lowest BCUT2D eigenvalue weighted by atomic mass is 10.1. The second kappa shape index (κ2) is 10.6. The van der Waals surface area contributed by atoms with Gasteiger partial charge in [0.15, 0.2) is 0 Å². The first-order valence-electron chi connectivity index (χ1n) is 9.23. The summed E-state index contributed by atoms with van der Waals surface area (Å²) in [5.41, 5.74) is 8.03. The highest BCUT2D eigenvalue weighted by Crippen LogP contribution is 2.30. The maximum atomic E-state index is 12.4. The predicted molar refractivity (Wildman–Crippen MR) is 117 cm³/mol. The first-order chi connectivity index (χ1) is 13.1. The smallest absolute Gasteiger partial charge is 0.237 e. The fourth-order valence-corrected chi connectivity index (χ4v) is 4.02. The number of nitrogens with one attached hydrogen (secondary N) is 2. The van der Waals surface area contributed by atoms with Crippen molar-refractivity contribution < 1.29 is 9.53 Å². The number of nitrogens with zero attached hydrogens (tertiary/aromatic N) is 2. The van der Waals surface area contributed by atoms with Gasteiger partial charge in [-0.05, 0) is 24.1 Å². The van der Waals surface area contributed by atoms with Gasteiger partial charge in [0.2, 0.25) is 5.91 Å². The molecule has 1 aromatic heterocycles. The Balaban J connectivity index is 0.00000150. The molecule has 160 valence electrons. The Morgan fingerprint density at radius 2 is 2.10 bits per heavy atom. The number of benzene rings is 1. The van der Waals surface area contributed by atoms with Gasteiger partial charge in [0.25, 0.3) is 0 Å². The molecule has 0 spiro atoms. The number of H-pyrrole nitrogens is 1. The second-order valence-electron chi connectivity index (χ2n) is 7.31. The van der Waals surface area contributed by atoms with E-state index in [0.29, 0.717) is 19.1 Å². The van der Waals surface area contributed by atoms with Crippen molar-refractivity contribution in [3.05, 3.63) is 53.1 Å². The summed E-state index contributed by atoms with van der Waals surface area (Å²) < 4.78 is 6.06. The third kappa shape index (κ3) is 5.84. The van der Waals surface area contributed by atoms with Crippen molar-refractivity contribution >= 4 is 42.3 Å². The Labute approximate surface area is 187 Å². The molecule has 1 aromatic carbocycles. The standard InChI is InChI=1S/C19H24ClN5O2.2ClH/c20-13-3-1-12(2-4-13)18-9-25-8-15(5-16(25)10-27-18)24-19(26)17(21)6-14-7-22-11-23-14;;/h1-4,7,11,15-18H,5-6,8-10,21H2,(H,22,23)(H,24,26);2*1H/t15-,16+,17+,18-;;/m1../s1. The summed E-state index contributed by atoms with van der Waals surface area (Å²) >= 11 is 5.97. The number of carbonyl (C=O) groups is 1. The number of aromatic nitrogens is 2. The van der Waals surface area contributed by atoms with Gasteiger partial charge < -0.3 is 20.8 Å². The molecule has 10 heteroatoms. The monoisotopic (exact) mass is 461 g/mol. The molecular formula is C19H26Cl3N5O2. The number of halogens is 3. The van der Waals surface area contributed by atoms with Crippen molar-refractivity contribution in [3.63, 3.8) is 0 Å². The van der Waals surface area contributed by atoms with Gasteiger partial charge in [-0.3, -0.25) is 9.69 Å². The van der Waals surface area contributed by atoms with Crippen molar-refractivity contribution in [2.24, 2.45) is 5.73 Å². The van der Waals surface area contributed by atoms with E-state index in [4.69, 9.17) is 22.1 Å². The number of fused-ring (bicyclic) bond motifs is 1. The maximum Gasteiger partial charge on any atom is 0.237 e. The number of amides is 1. The van der Waals surface area contributed by atoms with Gasteiger partial charge in [-0.1, -0.05) is 23.7 Å². The van der Waals surface area contributed by atoms with Crippen molar-refractivity contribution in [2.75, 3.05) is 19.7 Å². The number of hydrogen-bond acceptors (Lipinski definition) is 5. The zero-order valence-electron chi connectivity index (χ0n) is 15.8. The van der Waals surface area contributed by atoms with Crippen LogP contribution in [0.1, 0.15) is 23.8 Å². The molecule has 4 rings (SSSR count). The van der Waals surface area contributed by atoms with Crippen LogP contribution in [0.25, 0.3) is 0 Å². The quantitative estimate of drug-likeness (QED) is 0.632. The molecule has 2 aliphatic heterocycles. The Morgan fingerprint density at radius 3 is 2.79 bits per heavy atom. The minimum atomic E-state index is -0.582. The van der Waals surface area contributed by atoms with E-state index in [1.165, 1.54) is 0 Å². The van der Waals surface area contributed by atoms with E-state index >= 15 is 0 Å². The molecule has 0 radical (unpaired) electrons. The lowest BCUT2D eigenvalue weighted by Gasteiger charge is -2.35. The Morgan fingerprint density at radius 1 is 1.34 bits per heavy atom. The number of ether oxygens (including phenoxy) is 1. The summed E-state index contributed by atoms with van der Waals surface area (Å²) in [6, 6.07) is 7.65. The van der Waals surface area contributed by atoms with E-state index < -0.39 is 6.04 Å². The fourth-order valence-electron chi connectivity index (χ4n) is 3.89. The van der Waals surface area contributed by atoms with Crippen LogP contribution in [0.15, 0.2) is 36.8 Å². The second-order valence-corrected chi connectivity index (χ2v) is 7.75. The molecule has 2 saturated heterocycles. The molecular weight excluding hydrogens is 437 g/mol. The van der Waals surface area contributed by atoms with Crippen molar-refractivity contribution in [2.45, 2.75) is 37.1 Å². The van der Waals surface area contributed by atoms with E-state index in [0.717, 1.165) is 35.8 Å². The van der Waals surface area contributed by atoms with Crippen LogP contribution in [0.2, 0.25) is 5.02 Å². The van der Waals surface area contributed by atoms with Gasteiger partial charge in [0.05, 0.1) is 25.1 Å². The number of hydrogen-bond donors (Lipinski definition) is 3. The molecule has 0 aliphatic carbocycles. The molecule has 4 atom stereocenters. The molecule has 3 heterocycles. The molecule has 4 N–H and O–H groups in total. The SMILES string of the molecule is Cl.Cl.N[C@@H](Cc1cnc[nH]1)C(=O)N[C@@H]1C[C@H]2CO[C@@H](c3ccc(Cl)cc3)CN2C1. The topological polar surface area (TPSA) is 96.3 Å². The molecule has 2 aromatic rings. The van der Waals surface area contributed by atoms with E-state index in [2.05, 4.69) is 20.2 Å². The summed E-state index contributed by atoms with van der Waals surface area (Å²) in [4.78, 5) is 21.7. The lowest BCUT2D eigenvalue weighted by Crippen LogP contribution is -2.47. The van der Waals surface area contributed by atoms with Crippen LogP contribution in [0.3, 0.4) is 0 Å². The number of aromatic amines is 1. The minimum absolute atomic E-state index is 0. The first kappa shape index (κ1) is 23.9. The van der Waals surface area contributed by atoms with Gasteiger partial charge in [-0.15, -0.1) is 24.8 Å². The summed E-state index contributed by atoms with van der Waals surface area (Å²) in [6.45, 7) is 2.30. The third-order valence-corrected chi connectivity index (χ3v) is 5.59. The fraction of sp³-hybridized carbons (Fsp3) is 0.474. The van der Waals surface area contributed by atoms with Gasteiger partial charge in [-0.25, -0.2) is 4.98 Å². The average Bonchev–Trinajstić information content (AvgIpc) is 3.30. The lowest BCUT2D eigenvalue weighted by molar-refractivity contribution is -0.123. The number of nitrogens with two attached hydrogens (primary N) is 1. The third-order valence-electron chi connectivity index (χ3n) is 5.34. The van der Waals surface area contributed by atoms with E-state index in [-0.39, 0.29) is 42.9 Å². The maximum absolute atomic E-state index is 12.4. The van der Waals surface area contributed by atoms with Crippen LogP contribution in [0, 0.1) is 0 Å². The molecule has 29 heavy (non-hydrogen) atoms. The minimum Gasteiger partial charge on any atom is -0.371 e. The van der Waals surface area contributed by atoms with E-state index in [9.17, 15) is 4.79 Å². The normalized spacial score (nSPS) is 24.7. The van der Waals surface area contributed by atoms with Crippen LogP contribution in [-0.4, -0.2) is 58.6 Å². The molecule has 0 saturated carbocycles. The van der Waals surface area contributed by atoms with Crippen molar-refractivity contribution in [1.82, 2.24) is 20.2 Å². The summed E-state index contributed by atoms with van der Waals surface area (Å²) in [5.74, 6) is -0.121. The van der Waals surface area contributed by atoms with Gasteiger partial charge in [0.1, 0.15) is 0 Å². The summed E-state index contributed by atoms with van der Waals surface area (Å²) in [7, 11) is 0. The molecule has 0 unspecified atom stereocenters. The van der Waals surface area contributed by atoms with E-state index in [1.54, 1.807) is 12.5 Å². The molecule has 2 aliphatic rings. The molecule has 7 nitrogen and oxygen atoms in total. The number of carbonyl (C=O) groups excluding carboxylic acids is 1. The van der Waals surface area contributed by atoms with Crippen molar-refractivity contribution in [1.29, 1.82) is 0 Å². The summed E-state index contributed by atoms with van der Waals surface area (Å²) in [5, 5.41) is 3.82.